The molecular weight excluding hydrogens is 96.1 g/mol. The summed E-state index contributed by atoms with van der Waals surface area (Å²) in [5.74, 6) is 2.18. The average Bonchev–Trinajstić information content (AvgIpc) is 2.32. The predicted molar refractivity (Wildman–Crippen MR) is 34.6 cm³/mol. The quantitative estimate of drug-likeness (QED) is 0.449. The van der Waals surface area contributed by atoms with Crippen LogP contribution >= 0.6 is 0 Å². The molecule has 0 radical (unpaired) electrons. The van der Waals surface area contributed by atoms with E-state index in [-0.39, 0.29) is 0 Å². The molecule has 0 spiro atoms. The van der Waals surface area contributed by atoms with E-state index < -0.39 is 0 Å². The first kappa shape index (κ1) is 4.84. The molecule has 0 N–H and O–H groups in total. The molecule has 0 nitrogen and oxygen atoms in total. The first-order valence-electron chi connectivity index (χ1n) is 3.72. The van der Waals surface area contributed by atoms with Gasteiger partial charge in [-0.2, -0.15) is 0 Å². The van der Waals surface area contributed by atoms with Gasteiger partial charge in [0.15, 0.2) is 0 Å². The second-order valence-electron chi connectivity index (χ2n) is 3.98. The van der Waals surface area contributed by atoms with Crippen LogP contribution in [0, 0.1) is 17.3 Å². The van der Waals surface area contributed by atoms with Crippen molar-refractivity contribution in [2.75, 3.05) is 0 Å². The lowest BCUT2D eigenvalue weighted by atomic mass is 10.1. The standard InChI is InChI=1S/C8H14/c1-6-3-4-8(2)5-7(6)8/h6-7H,3-5H2,1-2H3/t6?,7-,8?/m0/s1. The maximum absolute atomic E-state index is 2.45. The second kappa shape index (κ2) is 1.12. The van der Waals surface area contributed by atoms with Gasteiger partial charge in [0.25, 0.3) is 0 Å². The number of hydrogen-bond donors (Lipinski definition) is 0. The molecule has 0 bridgehead atoms. The van der Waals surface area contributed by atoms with Gasteiger partial charge >= 0.3 is 0 Å². The van der Waals surface area contributed by atoms with Crippen molar-refractivity contribution in [2.24, 2.45) is 17.3 Å². The van der Waals surface area contributed by atoms with Gasteiger partial charge in [-0.25, -0.2) is 0 Å². The largest absolute Gasteiger partial charge is 0.0622 e. The van der Waals surface area contributed by atoms with Crippen LogP contribution in [0.3, 0.4) is 0 Å². The van der Waals surface area contributed by atoms with Crippen LogP contribution in [0.15, 0.2) is 0 Å². The van der Waals surface area contributed by atoms with Crippen molar-refractivity contribution in [3.63, 3.8) is 0 Å². The highest BCUT2D eigenvalue weighted by molar-refractivity contribution is 5.05. The molecule has 2 unspecified atom stereocenters. The minimum atomic E-state index is 0.833. The Morgan fingerprint density at radius 1 is 1.50 bits per heavy atom. The Labute approximate surface area is 51.3 Å². The molecule has 8 heavy (non-hydrogen) atoms. The number of rotatable bonds is 0. The molecule has 2 rings (SSSR count). The Morgan fingerprint density at radius 2 is 2.25 bits per heavy atom. The van der Waals surface area contributed by atoms with Crippen molar-refractivity contribution in [1.29, 1.82) is 0 Å². The Bertz CT molecular complexity index is 117. The fourth-order valence-electron chi connectivity index (χ4n) is 2.38. The van der Waals surface area contributed by atoms with E-state index in [0.29, 0.717) is 0 Å². The monoisotopic (exact) mass is 110 g/mol. The van der Waals surface area contributed by atoms with E-state index in [4.69, 9.17) is 0 Å². The molecular formula is C8H14. The molecule has 0 heterocycles. The summed E-state index contributed by atoms with van der Waals surface area (Å²) < 4.78 is 0. The maximum Gasteiger partial charge on any atom is -0.0292 e. The highest BCUT2D eigenvalue weighted by atomic mass is 14.6. The summed E-state index contributed by atoms with van der Waals surface area (Å²) in [5, 5.41) is 0. The van der Waals surface area contributed by atoms with E-state index in [9.17, 15) is 0 Å². The van der Waals surface area contributed by atoms with Gasteiger partial charge < -0.3 is 0 Å². The molecule has 2 fully saturated rings. The van der Waals surface area contributed by atoms with Gasteiger partial charge in [0, 0.05) is 0 Å². The molecule has 0 heteroatoms. The normalized spacial score (nSPS) is 60.8. The Morgan fingerprint density at radius 3 is 2.38 bits per heavy atom. The highest BCUT2D eigenvalue weighted by Gasteiger charge is 2.56. The van der Waals surface area contributed by atoms with Gasteiger partial charge in [0.1, 0.15) is 0 Å². The zero-order chi connectivity index (χ0) is 5.78. The first-order valence-corrected chi connectivity index (χ1v) is 3.72. The van der Waals surface area contributed by atoms with Crippen LogP contribution in [0.25, 0.3) is 0 Å². The molecule has 2 saturated carbocycles. The van der Waals surface area contributed by atoms with Crippen molar-refractivity contribution in [3.8, 4) is 0 Å². The Hall–Kier alpha value is 0. The molecule has 0 aromatic heterocycles. The molecule has 0 amide bonds. The van der Waals surface area contributed by atoms with Gasteiger partial charge in [-0.05, 0) is 36.5 Å². The first-order chi connectivity index (χ1) is 3.72. The fraction of sp³-hybridized carbons (Fsp3) is 1.00. The van der Waals surface area contributed by atoms with Crippen LogP contribution in [-0.2, 0) is 0 Å². The van der Waals surface area contributed by atoms with Crippen molar-refractivity contribution in [1.82, 2.24) is 0 Å². The van der Waals surface area contributed by atoms with E-state index in [2.05, 4.69) is 13.8 Å². The summed E-state index contributed by atoms with van der Waals surface area (Å²) in [6, 6.07) is 0. The topological polar surface area (TPSA) is 0 Å². The SMILES string of the molecule is CC1CCC2(C)C[C@@H]12. The molecule has 0 aromatic rings. The zero-order valence-electron chi connectivity index (χ0n) is 5.78. The lowest BCUT2D eigenvalue weighted by molar-refractivity contribution is 0.529. The minimum absolute atomic E-state index is 0.833. The number of fused-ring (bicyclic) bond motifs is 1. The van der Waals surface area contributed by atoms with Gasteiger partial charge in [-0.3, -0.25) is 0 Å². The molecule has 2 aliphatic carbocycles. The Kier molecular flexibility index (Phi) is 0.678. The van der Waals surface area contributed by atoms with Crippen LogP contribution in [0.1, 0.15) is 33.1 Å². The van der Waals surface area contributed by atoms with Gasteiger partial charge in [0.2, 0.25) is 0 Å². The average molecular weight is 110 g/mol. The lowest BCUT2D eigenvalue weighted by Crippen LogP contribution is -1.89. The maximum atomic E-state index is 2.45. The summed E-state index contributed by atoms with van der Waals surface area (Å²) in [6.45, 7) is 4.85. The van der Waals surface area contributed by atoms with E-state index in [1.807, 2.05) is 0 Å². The van der Waals surface area contributed by atoms with Crippen molar-refractivity contribution in [3.05, 3.63) is 0 Å². The fourth-order valence-corrected chi connectivity index (χ4v) is 2.38. The summed E-state index contributed by atoms with van der Waals surface area (Å²) in [4.78, 5) is 0. The molecule has 0 aliphatic heterocycles. The van der Waals surface area contributed by atoms with Gasteiger partial charge in [-0.15, -0.1) is 0 Å². The summed E-state index contributed by atoms with van der Waals surface area (Å²) in [5.41, 5.74) is 0.833. The van der Waals surface area contributed by atoms with Crippen LogP contribution in [-0.4, -0.2) is 0 Å². The van der Waals surface area contributed by atoms with Crippen LogP contribution in [0.4, 0.5) is 0 Å². The number of hydrogen-bond acceptors (Lipinski definition) is 0. The summed E-state index contributed by atoms with van der Waals surface area (Å²) >= 11 is 0. The third kappa shape index (κ3) is 0.416. The smallest absolute Gasteiger partial charge is 0.0292 e. The molecule has 0 saturated heterocycles. The molecule has 0 aromatic carbocycles. The van der Waals surface area contributed by atoms with E-state index in [0.717, 1.165) is 17.3 Å². The zero-order valence-corrected chi connectivity index (χ0v) is 5.78. The van der Waals surface area contributed by atoms with Gasteiger partial charge in [0.05, 0.1) is 0 Å². The van der Waals surface area contributed by atoms with E-state index >= 15 is 0 Å². The van der Waals surface area contributed by atoms with E-state index in [1.54, 1.807) is 0 Å². The summed E-state index contributed by atoms with van der Waals surface area (Å²) in [7, 11) is 0. The van der Waals surface area contributed by atoms with Crippen LogP contribution in [0.5, 0.6) is 0 Å². The van der Waals surface area contributed by atoms with Gasteiger partial charge in [-0.1, -0.05) is 13.8 Å². The highest BCUT2D eigenvalue weighted by Crippen LogP contribution is 2.65. The van der Waals surface area contributed by atoms with Crippen LogP contribution < -0.4 is 0 Å². The van der Waals surface area contributed by atoms with Crippen molar-refractivity contribution in [2.45, 2.75) is 33.1 Å². The lowest BCUT2D eigenvalue weighted by Gasteiger charge is -1.98. The van der Waals surface area contributed by atoms with E-state index in [1.165, 1.54) is 19.3 Å². The third-order valence-corrected chi connectivity index (χ3v) is 3.28. The van der Waals surface area contributed by atoms with Crippen molar-refractivity contribution >= 4 is 0 Å². The Balaban J connectivity index is 2.15. The third-order valence-electron chi connectivity index (χ3n) is 3.28. The van der Waals surface area contributed by atoms with Crippen molar-refractivity contribution < 1.29 is 0 Å². The predicted octanol–water partition coefficient (Wildman–Crippen LogP) is 2.44. The molecule has 2 aliphatic rings. The van der Waals surface area contributed by atoms with Crippen LogP contribution in [0.2, 0.25) is 0 Å². The molecule has 3 atom stereocenters. The minimum Gasteiger partial charge on any atom is -0.0622 e. The second-order valence-corrected chi connectivity index (χ2v) is 3.98. The summed E-state index contributed by atoms with van der Waals surface area (Å²) in [6.07, 6.45) is 4.55. The molecule has 46 valence electrons.